The molecule has 6 nitrogen and oxygen atoms in total. The van der Waals surface area contributed by atoms with E-state index in [2.05, 4.69) is 17.4 Å². The van der Waals surface area contributed by atoms with E-state index in [4.69, 9.17) is 0 Å². The lowest BCUT2D eigenvalue weighted by molar-refractivity contribution is -0.123. The summed E-state index contributed by atoms with van der Waals surface area (Å²) in [6, 6.07) is 14.1. The molecular formula is C21H20N2O4. The lowest BCUT2D eigenvalue weighted by Crippen LogP contribution is -2.19. The van der Waals surface area contributed by atoms with Crippen molar-refractivity contribution >= 4 is 23.4 Å². The van der Waals surface area contributed by atoms with E-state index >= 15 is 0 Å². The lowest BCUT2D eigenvalue weighted by Gasteiger charge is -2.11. The summed E-state index contributed by atoms with van der Waals surface area (Å²) in [7, 11) is 0. The fourth-order valence-corrected chi connectivity index (χ4v) is 3.19. The Hall–Kier alpha value is -3.25. The quantitative estimate of drug-likeness (QED) is 0.729. The summed E-state index contributed by atoms with van der Waals surface area (Å²) >= 11 is 0. The number of aliphatic hydroxyl groups is 1. The van der Waals surface area contributed by atoms with E-state index in [1.165, 1.54) is 17.7 Å². The second kappa shape index (κ2) is 7.97. The predicted molar refractivity (Wildman–Crippen MR) is 102 cm³/mol. The number of carbonyl (C=O) groups excluding carboxylic acids is 3. The molecule has 0 saturated heterocycles. The summed E-state index contributed by atoms with van der Waals surface area (Å²) in [6.45, 7) is 1.91. The van der Waals surface area contributed by atoms with Crippen molar-refractivity contribution in [2.24, 2.45) is 0 Å². The summed E-state index contributed by atoms with van der Waals surface area (Å²) in [5.74, 6) is -0.657. The Morgan fingerprint density at radius 3 is 2.30 bits per heavy atom. The summed E-state index contributed by atoms with van der Waals surface area (Å²) in [4.78, 5) is 31.6. The number of nitrogens with one attached hydrogen (secondary N) is 2. The standard InChI is InChI=1S/C17H17NO2.C4H3NO2/c1-2-17(20)18-11-7-8-14-12-5-3-4-6-13(12)16(10-19)15(14)9-11;6-3-1-2-4(7)5-3/h3-9,16,19H,2,10H2,1H3,(H,18,20);1-2H,(H,5,6,7). The van der Waals surface area contributed by atoms with Crippen molar-refractivity contribution in [3.63, 3.8) is 0 Å². The number of fused-ring (bicyclic) bond motifs is 3. The highest BCUT2D eigenvalue weighted by Gasteiger charge is 2.27. The van der Waals surface area contributed by atoms with Crippen LogP contribution in [0.3, 0.4) is 0 Å². The first kappa shape index (κ1) is 18.5. The average molecular weight is 364 g/mol. The first-order chi connectivity index (χ1) is 13.0. The minimum atomic E-state index is -0.329. The Morgan fingerprint density at radius 1 is 1.04 bits per heavy atom. The molecule has 1 aliphatic carbocycles. The van der Waals surface area contributed by atoms with Gasteiger partial charge in [0.05, 0.1) is 6.61 Å². The topological polar surface area (TPSA) is 95.5 Å². The molecule has 1 aliphatic heterocycles. The number of hydrogen-bond donors (Lipinski definition) is 3. The van der Waals surface area contributed by atoms with Crippen LogP contribution in [0, 0.1) is 0 Å². The predicted octanol–water partition coefficient (Wildman–Crippen LogP) is 2.34. The normalized spacial score (nSPS) is 16.1. The SMILES string of the molecule is CCC(=O)Nc1ccc2c(c1)C(CO)c1ccccc1-2.O=C1C=CC(=O)N1. The molecule has 1 heterocycles. The number of aliphatic hydroxyl groups excluding tert-OH is 1. The molecular weight excluding hydrogens is 344 g/mol. The second-order valence-corrected chi connectivity index (χ2v) is 6.21. The number of benzene rings is 2. The average Bonchev–Trinajstić information content (AvgIpc) is 3.21. The van der Waals surface area contributed by atoms with E-state index in [1.54, 1.807) is 0 Å². The van der Waals surface area contributed by atoms with Crippen LogP contribution in [0.5, 0.6) is 0 Å². The largest absolute Gasteiger partial charge is 0.395 e. The van der Waals surface area contributed by atoms with Crippen LogP contribution in [0.15, 0.2) is 54.6 Å². The van der Waals surface area contributed by atoms with Gasteiger partial charge in [-0.05, 0) is 34.4 Å². The summed E-state index contributed by atoms with van der Waals surface area (Å²) in [5.41, 5.74) is 5.36. The van der Waals surface area contributed by atoms with E-state index in [-0.39, 0.29) is 30.2 Å². The molecule has 0 fully saturated rings. The zero-order valence-electron chi connectivity index (χ0n) is 14.9. The number of carbonyl (C=O) groups is 3. The number of hydrogen-bond acceptors (Lipinski definition) is 4. The van der Waals surface area contributed by atoms with Gasteiger partial charge >= 0.3 is 0 Å². The molecule has 0 bridgehead atoms. The third-order valence-electron chi connectivity index (χ3n) is 4.47. The zero-order chi connectivity index (χ0) is 19.4. The van der Waals surface area contributed by atoms with Crippen LogP contribution in [-0.2, 0) is 14.4 Å². The number of amides is 3. The molecule has 2 aromatic carbocycles. The molecule has 1 atom stereocenters. The Bertz CT molecular complexity index is 918. The molecule has 0 saturated carbocycles. The highest BCUT2D eigenvalue weighted by molar-refractivity contribution is 6.12. The third kappa shape index (κ3) is 3.96. The van der Waals surface area contributed by atoms with Crippen molar-refractivity contribution < 1.29 is 19.5 Å². The zero-order valence-corrected chi connectivity index (χ0v) is 14.9. The van der Waals surface area contributed by atoms with E-state index in [0.29, 0.717) is 6.42 Å². The van der Waals surface area contributed by atoms with Gasteiger partial charge in [-0.2, -0.15) is 0 Å². The molecule has 0 aromatic heterocycles. The van der Waals surface area contributed by atoms with Crippen molar-refractivity contribution in [2.45, 2.75) is 19.3 Å². The number of rotatable bonds is 3. The maximum atomic E-state index is 11.5. The van der Waals surface area contributed by atoms with Crippen molar-refractivity contribution in [2.75, 3.05) is 11.9 Å². The van der Waals surface area contributed by atoms with Gasteiger partial charge < -0.3 is 10.4 Å². The molecule has 2 aromatic rings. The van der Waals surface area contributed by atoms with Gasteiger partial charge in [0.15, 0.2) is 0 Å². The molecule has 1 unspecified atom stereocenters. The van der Waals surface area contributed by atoms with Crippen molar-refractivity contribution in [3.05, 3.63) is 65.7 Å². The van der Waals surface area contributed by atoms with Gasteiger partial charge in [-0.3, -0.25) is 19.7 Å². The van der Waals surface area contributed by atoms with Crippen molar-refractivity contribution in [3.8, 4) is 11.1 Å². The van der Waals surface area contributed by atoms with Crippen LogP contribution in [0.4, 0.5) is 5.69 Å². The third-order valence-corrected chi connectivity index (χ3v) is 4.47. The van der Waals surface area contributed by atoms with Gasteiger partial charge in [0, 0.05) is 30.2 Å². The van der Waals surface area contributed by atoms with Crippen LogP contribution >= 0.6 is 0 Å². The van der Waals surface area contributed by atoms with Gasteiger partial charge in [-0.25, -0.2) is 0 Å². The van der Waals surface area contributed by atoms with Crippen LogP contribution in [0.25, 0.3) is 11.1 Å². The highest BCUT2D eigenvalue weighted by Crippen LogP contribution is 2.45. The first-order valence-electron chi connectivity index (χ1n) is 8.70. The Labute approximate surface area is 156 Å². The van der Waals surface area contributed by atoms with Gasteiger partial charge in [0.1, 0.15) is 0 Å². The monoisotopic (exact) mass is 364 g/mol. The smallest absolute Gasteiger partial charge is 0.250 e. The maximum absolute atomic E-state index is 11.5. The second-order valence-electron chi connectivity index (χ2n) is 6.21. The summed E-state index contributed by atoms with van der Waals surface area (Å²) < 4.78 is 0. The molecule has 2 aliphatic rings. The highest BCUT2D eigenvalue weighted by atomic mass is 16.3. The summed E-state index contributed by atoms with van der Waals surface area (Å²) in [5, 5.41) is 14.6. The molecule has 3 N–H and O–H groups in total. The molecule has 0 radical (unpaired) electrons. The lowest BCUT2D eigenvalue weighted by atomic mass is 9.98. The first-order valence-corrected chi connectivity index (χ1v) is 8.70. The minimum Gasteiger partial charge on any atom is -0.395 e. The van der Waals surface area contributed by atoms with Gasteiger partial charge in [0.2, 0.25) is 5.91 Å². The molecule has 3 amide bonds. The fraction of sp³-hybridized carbons (Fsp3) is 0.190. The Balaban J connectivity index is 0.000000253. The van der Waals surface area contributed by atoms with E-state index in [9.17, 15) is 19.5 Å². The number of imide groups is 1. The minimum absolute atomic E-state index is 0.000298. The van der Waals surface area contributed by atoms with Gasteiger partial charge in [0.25, 0.3) is 11.8 Å². The van der Waals surface area contributed by atoms with Crippen molar-refractivity contribution in [1.82, 2.24) is 5.32 Å². The summed E-state index contributed by atoms with van der Waals surface area (Å²) in [6.07, 6.45) is 2.85. The van der Waals surface area contributed by atoms with E-state index in [1.807, 2.05) is 42.6 Å². The van der Waals surface area contributed by atoms with Crippen LogP contribution in [-0.4, -0.2) is 29.4 Å². The molecule has 0 spiro atoms. The van der Waals surface area contributed by atoms with Crippen molar-refractivity contribution in [1.29, 1.82) is 0 Å². The van der Waals surface area contributed by atoms with Gasteiger partial charge in [-0.1, -0.05) is 37.3 Å². The molecule has 4 rings (SSSR count). The van der Waals surface area contributed by atoms with E-state index < -0.39 is 0 Å². The molecule has 138 valence electrons. The van der Waals surface area contributed by atoms with Crippen LogP contribution in [0.2, 0.25) is 0 Å². The number of anilines is 1. The molecule has 27 heavy (non-hydrogen) atoms. The molecule has 6 heteroatoms. The fourth-order valence-electron chi connectivity index (χ4n) is 3.19. The van der Waals surface area contributed by atoms with Gasteiger partial charge in [-0.15, -0.1) is 0 Å². The Kier molecular flexibility index (Phi) is 5.47. The maximum Gasteiger partial charge on any atom is 0.250 e. The Morgan fingerprint density at radius 2 is 1.70 bits per heavy atom. The van der Waals surface area contributed by atoms with Crippen LogP contribution in [0.1, 0.15) is 30.4 Å². The van der Waals surface area contributed by atoms with Crippen LogP contribution < -0.4 is 10.6 Å². The van der Waals surface area contributed by atoms with E-state index in [0.717, 1.165) is 22.4 Å².